The average molecular weight is 483 g/mol. The Kier molecular flexibility index (Phi) is 6.56. The number of carbonyl (C=O) groups is 1. The fourth-order valence-electron chi connectivity index (χ4n) is 4.85. The minimum Gasteiger partial charge on any atom is -0.465 e. The van der Waals surface area contributed by atoms with Crippen LogP contribution in [0.15, 0.2) is 35.8 Å². The largest absolute Gasteiger partial charge is 0.465 e. The highest BCUT2D eigenvalue weighted by Crippen LogP contribution is 2.34. The zero-order valence-electron chi connectivity index (χ0n) is 19.6. The first-order chi connectivity index (χ1) is 16.6. The molecule has 0 spiro atoms. The minimum absolute atomic E-state index is 0.133. The third kappa shape index (κ3) is 4.42. The molecule has 180 valence electrons. The first kappa shape index (κ1) is 22.9. The molecule has 8 nitrogen and oxygen atoms in total. The van der Waals surface area contributed by atoms with Crippen molar-refractivity contribution in [2.45, 2.75) is 51.1 Å². The summed E-state index contributed by atoms with van der Waals surface area (Å²) in [5, 5.41) is 6.68. The number of thiophene rings is 1. The molecule has 0 saturated carbocycles. The number of esters is 1. The predicted molar refractivity (Wildman–Crippen MR) is 132 cm³/mol. The second-order valence-electron chi connectivity index (χ2n) is 8.73. The zero-order chi connectivity index (χ0) is 23.5. The van der Waals surface area contributed by atoms with Crippen LogP contribution in [0.3, 0.4) is 0 Å². The Morgan fingerprint density at radius 1 is 1.29 bits per heavy atom. The molecule has 1 aromatic carbocycles. The molecule has 1 fully saturated rings. The second-order valence-corrected chi connectivity index (χ2v) is 9.62. The third-order valence-electron chi connectivity index (χ3n) is 6.71. The molecule has 0 aliphatic carbocycles. The van der Waals surface area contributed by atoms with Crippen molar-refractivity contribution in [1.82, 2.24) is 15.3 Å². The van der Waals surface area contributed by atoms with E-state index in [1.165, 1.54) is 0 Å². The van der Waals surface area contributed by atoms with Crippen molar-refractivity contribution < 1.29 is 19.0 Å². The van der Waals surface area contributed by atoms with Gasteiger partial charge < -0.3 is 24.4 Å². The fourth-order valence-corrected chi connectivity index (χ4v) is 5.59. The van der Waals surface area contributed by atoms with Crippen molar-refractivity contribution in [3.63, 3.8) is 0 Å². The first-order valence-corrected chi connectivity index (χ1v) is 12.8. The number of fused-ring (bicyclic) bond motifs is 2. The van der Waals surface area contributed by atoms with E-state index in [1.54, 1.807) is 11.3 Å². The molecule has 9 heteroatoms. The lowest BCUT2D eigenvalue weighted by Crippen LogP contribution is -2.62. The van der Waals surface area contributed by atoms with E-state index in [0.717, 1.165) is 46.1 Å². The van der Waals surface area contributed by atoms with Crippen LogP contribution in [0.4, 0.5) is 5.95 Å². The number of carbonyl (C=O) groups excluding carboxylic acids is 1. The molecule has 5 rings (SSSR count). The van der Waals surface area contributed by atoms with Gasteiger partial charge in [-0.2, -0.15) is 0 Å². The van der Waals surface area contributed by atoms with Gasteiger partial charge in [0.2, 0.25) is 12.7 Å². The van der Waals surface area contributed by atoms with Crippen LogP contribution in [0, 0.1) is 0 Å². The second kappa shape index (κ2) is 9.76. The monoisotopic (exact) mass is 482 g/mol. The number of hydrogen-bond donors (Lipinski definition) is 1. The molecule has 4 heterocycles. The Bertz CT molecular complexity index is 1170. The molecular weight excluding hydrogens is 452 g/mol. The summed E-state index contributed by atoms with van der Waals surface area (Å²) in [6, 6.07) is 8.16. The van der Waals surface area contributed by atoms with Gasteiger partial charge >= 0.3 is 5.97 Å². The Morgan fingerprint density at radius 2 is 2.18 bits per heavy atom. The summed E-state index contributed by atoms with van der Waals surface area (Å²) in [5.41, 5.74) is 0.411. The van der Waals surface area contributed by atoms with Gasteiger partial charge in [-0.25, -0.2) is 9.97 Å². The highest BCUT2D eigenvalue weighted by Gasteiger charge is 2.46. The normalized spacial score (nSPS) is 21.7. The van der Waals surface area contributed by atoms with Crippen molar-refractivity contribution in [2.24, 2.45) is 0 Å². The highest BCUT2D eigenvalue weighted by molar-refractivity contribution is 7.16. The van der Waals surface area contributed by atoms with Crippen LogP contribution in [-0.2, 0) is 16.0 Å². The maximum absolute atomic E-state index is 13.2. The first-order valence-electron chi connectivity index (χ1n) is 11.9. The van der Waals surface area contributed by atoms with Gasteiger partial charge in [-0.3, -0.25) is 4.79 Å². The van der Waals surface area contributed by atoms with E-state index in [2.05, 4.69) is 22.1 Å². The maximum atomic E-state index is 13.2. The molecule has 0 amide bonds. The van der Waals surface area contributed by atoms with Gasteiger partial charge in [0.1, 0.15) is 10.4 Å². The van der Waals surface area contributed by atoms with E-state index in [0.29, 0.717) is 32.5 Å². The lowest BCUT2D eigenvalue weighted by molar-refractivity contribution is -0.152. The smallest absolute Gasteiger partial charge is 0.326 e. The summed E-state index contributed by atoms with van der Waals surface area (Å²) in [6.07, 6.45) is 4.83. The summed E-state index contributed by atoms with van der Waals surface area (Å²) in [5.74, 6) is 2.12. The Balaban J connectivity index is 1.31. The molecule has 1 N–H and O–H groups in total. The zero-order valence-corrected chi connectivity index (χ0v) is 20.4. The summed E-state index contributed by atoms with van der Waals surface area (Å²) in [6.45, 7) is 5.98. The van der Waals surface area contributed by atoms with E-state index in [-0.39, 0.29) is 18.8 Å². The van der Waals surface area contributed by atoms with Crippen LogP contribution in [0.2, 0.25) is 0 Å². The minimum atomic E-state index is -0.726. The van der Waals surface area contributed by atoms with E-state index < -0.39 is 5.54 Å². The molecule has 34 heavy (non-hydrogen) atoms. The number of rotatable bonds is 8. The molecule has 2 aromatic heterocycles. The molecule has 2 atom stereocenters. The fraction of sp³-hybridized carbons (Fsp3) is 0.480. The van der Waals surface area contributed by atoms with Crippen LogP contribution in [0.5, 0.6) is 11.5 Å². The molecule has 0 radical (unpaired) electrons. The van der Waals surface area contributed by atoms with Crippen LogP contribution in [0.25, 0.3) is 10.2 Å². The lowest BCUT2D eigenvalue weighted by atomic mass is 9.82. The van der Waals surface area contributed by atoms with Gasteiger partial charge in [-0.1, -0.05) is 13.0 Å². The standard InChI is InChI=1S/C25H30N4O4S/c1-3-19-14-25(23(30)31-4-2,27-10-7-17-5-6-20-21(13-17)33-16-32-20)9-11-29(19)24-26-15-18-8-12-34-22(18)28-24/h5-6,8,12-13,15,19,27H,3-4,7,9-11,14,16H2,1-2H3. The van der Waals surface area contributed by atoms with Crippen molar-refractivity contribution in [1.29, 1.82) is 0 Å². The van der Waals surface area contributed by atoms with E-state index in [4.69, 9.17) is 19.2 Å². The third-order valence-corrected chi connectivity index (χ3v) is 7.53. The molecular formula is C25H30N4O4S. The Hall–Kier alpha value is -2.91. The number of piperidine rings is 1. The van der Waals surface area contributed by atoms with Gasteiger partial charge in [-0.05, 0) is 61.7 Å². The number of aromatic nitrogens is 2. The molecule has 0 bridgehead atoms. The molecule has 2 aliphatic rings. The van der Waals surface area contributed by atoms with Gasteiger partial charge in [0, 0.05) is 30.7 Å². The van der Waals surface area contributed by atoms with Gasteiger partial charge in [0.15, 0.2) is 11.5 Å². The highest BCUT2D eigenvalue weighted by atomic mass is 32.1. The summed E-state index contributed by atoms with van der Waals surface area (Å²) in [4.78, 5) is 25.8. The number of anilines is 1. The number of benzene rings is 1. The van der Waals surface area contributed by atoms with Crippen LogP contribution in [-0.4, -0.2) is 54.0 Å². The summed E-state index contributed by atoms with van der Waals surface area (Å²) < 4.78 is 16.4. The van der Waals surface area contributed by atoms with Gasteiger partial charge in [0.25, 0.3) is 0 Å². The summed E-state index contributed by atoms with van der Waals surface area (Å²) >= 11 is 1.62. The number of ether oxygens (including phenoxy) is 3. The molecule has 1 saturated heterocycles. The van der Waals surface area contributed by atoms with E-state index in [9.17, 15) is 4.79 Å². The van der Waals surface area contributed by atoms with E-state index >= 15 is 0 Å². The Morgan fingerprint density at radius 3 is 3.03 bits per heavy atom. The van der Waals surface area contributed by atoms with Crippen LogP contribution in [0.1, 0.15) is 38.7 Å². The topological polar surface area (TPSA) is 85.8 Å². The van der Waals surface area contributed by atoms with Crippen molar-refractivity contribution in [3.8, 4) is 11.5 Å². The average Bonchev–Trinajstić information content (AvgIpc) is 3.52. The molecule has 3 aromatic rings. The SMILES string of the molecule is CCOC(=O)C1(NCCc2ccc3c(c2)OCO3)CCN(c2ncc3ccsc3n2)C(CC)C1. The van der Waals surface area contributed by atoms with Crippen LogP contribution >= 0.6 is 11.3 Å². The van der Waals surface area contributed by atoms with E-state index in [1.807, 2.05) is 42.8 Å². The quantitative estimate of drug-likeness (QED) is 0.484. The number of nitrogens with one attached hydrogen (secondary N) is 1. The number of hydrogen-bond acceptors (Lipinski definition) is 9. The van der Waals surface area contributed by atoms with Crippen molar-refractivity contribution >= 4 is 33.5 Å². The molecule has 2 aliphatic heterocycles. The number of nitrogens with zero attached hydrogens (tertiary/aromatic N) is 3. The maximum Gasteiger partial charge on any atom is 0.326 e. The van der Waals surface area contributed by atoms with Crippen LogP contribution < -0.4 is 19.7 Å². The van der Waals surface area contributed by atoms with Crippen molar-refractivity contribution in [3.05, 3.63) is 41.4 Å². The molecule has 2 unspecified atom stereocenters. The van der Waals surface area contributed by atoms with Gasteiger partial charge in [0.05, 0.1) is 6.61 Å². The Labute approximate surface area is 203 Å². The van der Waals surface area contributed by atoms with Gasteiger partial charge in [-0.15, -0.1) is 11.3 Å². The predicted octanol–water partition coefficient (Wildman–Crippen LogP) is 3.93. The lowest BCUT2D eigenvalue weighted by Gasteiger charge is -2.45. The summed E-state index contributed by atoms with van der Waals surface area (Å²) in [7, 11) is 0. The van der Waals surface area contributed by atoms with Crippen molar-refractivity contribution in [2.75, 3.05) is 31.4 Å².